The van der Waals surface area contributed by atoms with E-state index in [4.69, 9.17) is 10.3 Å². The van der Waals surface area contributed by atoms with Crippen molar-refractivity contribution in [1.29, 1.82) is 0 Å². The molecule has 0 saturated heterocycles. The lowest BCUT2D eigenvalue weighted by molar-refractivity contribution is 0.300. The molecule has 2 N–H and O–H groups in total. The van der Waals surface area contributed by atoms with Crippen molar-refractivity contribution in [3.8, 4) is 0 Å². The fourth-order valence-corrected chi connectivity index (χ4v) is 2.00. The highest BCUT2D eigenvalue weighted by Crippen LogP contribution is 2.28. The average molecular weight is 273 g/mol. The van der Waals surface area contributed by atoms with E-state index in [-0.39, 0.29) is 11.5 Å². The van der Waals surface area contributed by atoms with E-state index in [2.05, 4.69) is 62.1 Å². The van der Waals surface area contributed by atoms with Gasteiger partial charge >= 0.3 is 0 Å². The highest BCUT2D eigenvalue weighted by Gasteiger charge is 2.26. The van der Waals surface area contributed by atoms with E-state index >= 15 is 0 Å². The molecule has 1 aromatic carbocycles. The zero-order valence-corrected chi connectivity index (χ0v) is 12.7. The summed E-state index contributed by atoms with van der Waals surface area (Å²) in [5.74, 6) is 1.25. The van der Waals surface area contributed by atoms with Crippen LogP contribution in [0.4, 0.5) is 0 Å². The van der Waals surface area contributed by atoms with E-state index in [1.165, 1.54) is 11.1 Å². The summed E-state index contributed by atoms with van der Waals surface area (Å²) in [5.41, 5.74) is 8.61. The molecule has 20 heavy (non-hydrogen) atoms. The summed E-state index contributed by atoms with van der Waals surface area (Å²) >= 11 is 0. The molecule has 1 atom stereocenters. The summed E-state index contributed by atoms with van der Waals surface area (Å²) in [5, 5.41) is 4.00. The fraction of sp³-hybridized carbons (Fsp3) is 0.500. The quantitative estimate of drug-likeness (QED) is 0.929. The van der Waals surface area contributed by atoms with Gasteiger partial charge in [-0.2, -0.15) is 4.98 Å². The van der Waals surface area contributed by atoms with Gasteiger partial charge in [-0.3, -0.25) is 0 Å². The Kier molecular flexibility index (Phi) is 4.23. The third-order valence-corrected chi connectivity index (χ3v) is 3.41. The summed E-state index contributed by atoms with van der Waals surface area (Å²) in [4.78, 5) is 4.41. The molecule has 0 saturated carbocycles. The van der Waals surface area contributed by atoms with Gasteiger partial charge in [-0.25, -0.2) is 0 Å². The third-order valence-electron chi connectivity index (χ3n) is 3.41. The molecule has 0 spiro atoms. The number of aryl methyl sites for hydroxylation is 3. The van der Waals surface area contributed by atoms with Crippen molar-refractivity contribution in [2.45, 2.75) is 46.6 Å². The second-order valence-corrected chi connectivity index (χ2v) is 6.38. The molecule has 0 fully saturated rings. The Bertz CT molecular complexity index is 569. The predicted molar refractivity (Wildman–Crippen MR) is 79.3 cm³/mol. The molecule has 1 heterocycles. The Morgan fingerprint density at radius 2 is 2.00 bits per heavy atom. The van der Waals surface area contributed by atoms with Crippen molar-refractivity contribution in [2.24, 2.45) is 11.1 Å². The molecule has 1 aromatic heterocycles. The standard InChI is InChI=1S/C16H23N3O/c1-11-6-5-7-12(10-11)8-9-13-18-15(19-20-13)14(17)16(2,3)4/h5-7,10,14H,8-9,17H2,1-4H3. The van der Waals surface area contributed by atoms with Crippen molar-refractivity contribution in [2.75, 3.05) is 0 Å². The molecule has 2 aromatic rings. The Labute approximate surface area is 120 Å². The zero-order valence-electron chi connectivity index (χ0n) is 12.7. The maximum absolute atomic E-state index is 6.13. The van der Waals surface area contributed by atoms with Crippen molar-refractivity contribution in [1.82, 2.24) is 10.1 Å². The van der Waals surface area contributed by atoms with Gasteiger partial charge in [0, 0.05) is 6.42 Å². The van der Waals surface area contributed by atoms with Gasteiger partial charge in [-0.05, 0) is 24.3 Å². The Hall–Kier alpha value is -1.68. The van der Waals surface area contributed by atoms with Crippen LogP contribution < -0.4 is 5.73 Å². The Morgan fingerprint density at radius 1 is 1.25 bits per heavy atom. The number of hydrogen-bond acceptors (Lipinski definition) is 4. The van der Waals surface area contributed by atoms with Crippen LogP contribution in [0.2, 0.25) is 0 Å². The number of aromatic nitrogens is 2. The van der Waals surface area contributed by atoms with Crippen molar-refractivity contribution >= 4 is 0 Å². The van der Waals surface area contributed by atoms with Gasteiger partial charge in [0.05, 0.1) is 6.04 Å². The topological polar surface area (TPSA) is 64.9 Å². The highest BCUT2D eigenvalue weighted by molar-refractivity contribution is 5.22. The predicted octanol–water partition coefficient (Wildman–Crippen LogP) is 3.21. The Balaban J connectivity index is 2.00. The monoisotopic (exact) mass is 273 g/mol. The van der Waals surface area contributed by atoms with Crippen LogP contribution in [-0.2, 0) is 12.8 Å². The summed E-state index contributed by atoms with van der Waals surface area (Å²) in [7, 11) is 0. The van der Waals surface area contributed by atoms with Crippen LogP contribution in [0.3, 0.4) is 0 Å². The van der Waals surface area contributed by atoms with Crippen molar-refractivity contribution in [3.63, 3.8) is 0 Å². The van der Waals surface area contributed by atoms with Crippen LogP contribution in [0.25, 0.3) is 0 Å². The maximum Gasteiger partial charge on any atom is 0.227 e. The summed E-state index contributed by atoms with van der Waals surface area (Å²) in [6.07, 6.45) is 1.64. The Morgan fingerprint density at radius 3 is 2.65 bits per heavy atom. The molecular formula is C16H23N3O. The summed E-state index contributed by atoms with van der Waals surface area (Å²) < 4.78 is 5.29. The molecule has 4 heteroatoms. The highest BCUT2D eigenvalue weighted by atomic mass is 16.5. The smallest absolute Gasteiger partial charge is 0.227 e. The molecule has 4 nitrogen and oxygen atoms in total. The minimum atomic E-state index is -0.209. The van der Waals surface area contributed by atoms with E-state index in [0.717, 1.165) is 12.8 Å². The molecule has 0 aliphatic rings. The lowest BCUT2D eigenvalue weighted by Crippen LogP contribution is -2.27. The lowest BCUT2D eigenvalue weighted by Gasteiger charge is -2.23. The maximum atomic E-state index is 6.13. The van der Waals surface area contributed by atoms with Crippen LogP contribution in [0.15, 0.2) is 28.8 Å². The first kappa shape index (κ1) is 14.7. The molecule has 0 bridgehead atoms. The van der Waals surface area contributed by atoms with Gasteiger partial charge < -0.3 is 10.3 Å². The van der Waals surface area contributed by atoms with Crippen molar-refractivity contribution < 1.29 is 4.52 Å². The van der Waals surface area contributed by atoms with Gasteiger partial charge in [-0.1, -0.05) is 55.8 Å². The number of nitrogens with zero attached hydrogens (tertiary/aromatic N) is 2. The van der Waals surface area contributed by atoms with Crippen molar-refractivity contribution in [3.05, 3.63) is 47.1 Å². The first-order chi connectivity index (χ1) is 9.36. The van der Waals surface area contributed by atoms with Gasteiger partial charge in [0.15, 0.2) is 5.82 Å². The van der Waals surface area contributed by atoms with Crippen LogP contribution in [0.5, 0.6) is 0 Å². The molecule has 2 rings (SSSR count). The van der Waals surface area contributed by atoms with Crippen LogP contribution in [0, 0.1) is 12.3 Å². The van der Waals surface area contributed by atoms with E-state index in [1.807, 2.05) is 0 Å². The minimum absolute atomic E-state index is 0.0717. The van der Waals surface area contributed by atoms with E-state index in [0.29, 0.717) is 11.7 Å². The van der Waals surface area contributed by atoms with Crippen LogP contribution in [0.1, 0.15) is 49.7 Å². The average Bonchev–Trinajstić information content (AvgIpc) is 2.83. The molecule has 1 unspecified atom stereocenters. The second-order valence-electron chi connectivity index (χ2n) is 6.38. The summed E-state index contributed by atoms with van der Waals surface area (Å²) in [6.45, 7) is 8.30. The van der Waals surface area contributed by atoms with E-state index in [1.54, 1.807) is 0 Å². The molecule has 0 radical (unpaired) electrons. The molecule has 0 aliphatic carbocycles. The summed E-state index contributed by atoms with van der Waals surface area (Å²) in [6, 6.07) is 8.25. The number of nitrogens with two attached hydrogens (primary N) is 1. The molecule has 0 aliphatic heterocycles. The number of benzene rings is 1. The van der Waals surface area contributed by atoms with Gasteiger partial charge in [-0.15, -0.1) is 0 Å². The minimum Gasteiger partial charge on any atom is -0.339 e. The first-order valence-electron chi connectivity index (χ1n) is 7.00. The zero-order chi connectivity index (χ0) is 14.8. The second kappa shape index (κ2) is 5.75. The first-order valence-corrected chi connectivity index (χ1v) is 7.00. The largest absolute Gasteiger partial charge is 0.339 e. The van der Waals surface area contributed by atoms with Gasteiger partial charge in [0.1, 0.15) is 0 Å². The number of rotatable bonds is 4. The van der Waals surface area contributed by atoms with E-state index < -0.39 is 0 Å². The van der Waals surface area contributed by atoms with Crippen LogP contribution in [-0.4, -0.2) is 10.1 Å². The normalized spacial score (nSPS) is 13.4. The fourth-order valence-electron chi connectivity index (χ4n) is 2.00. The molecule has 108 valence electrons. The molecule has 0 amide bonds. The van der Waals surface area contributed by atoms with E-state index in [9.17, 15) is 0 Å². The number of hydrogen-bond donors (Lipinski definition) is 1. The molecular weight excluding hydrogens is 250 g/mol. The third kappa shape index (κ3) is 3.67. The SMILES string of the molecule is Cc1cccc(CCc2nc(C(N)C(C)(C)C)no2)c1. The lowest BCUT2D eigenvalue weighted by atomic mass is 9.87. The van der Waals surface area contributed by atoms with Gasteiger partial charge in [0.2, 0.25) is 5.89 Å². The van der Waals surface area contributed by atoms with Gasteiger partial charge in [0.25, 0.3) is 0 Å². The van der Waals surface area contributed by atoms with Crippen LogP contribution >= 0.6 is 0 Å².